The predicted octanol–water partition coefficient (Wildman–Crippen LogP) is 0.122. The van der Waals surface area contributed by atoms with Crippen LogP contribution in [0.3, 0.4) is 0 Å². The van der Waals surface area contributed by atoms with Gasteiger partial charge in [0.2, 0.25) is 11.7 Å². The van der Waals surface area contributed by atoms with Gasteiger partial charge < -0.3 is 40.7 Å². The first-order chi connectivity index (χ1) is 17.8. The number of aliphatic hydroxyl groups is 3. The fraction of sp³-hybridized carbons (Fsp3) is 0.593. The summed E-state index contributed by atoms with van der Waals surface area (Å²) in [6.45, 7) is 2.51. The first-order valence-corrected chi connectivity index (χ1v) is 12.8. The molecule has 4 rings (SSSR count). The molecule has 6 N–H and O–H groups in total. The Hall–Kier alpha value is -2.99. The molecule has 2 fully saturated rings. The lowest BCUT2D eigenvalue weighted by molar-refractivity contribution is -0.184. The molecule has 1 aromatic rings. The van der Waals surface area contributed by atoms with Gasteiger partial charge in [-0.1, -0.05) is 6.92 Å². The molecule has 0 heterocycles. The van der Waals surface area contributed by atoms with E-state index in [9.17, 15) is 34.8 Å². The summed E-state index contributed by atoms with van der Waals surface area (Å²) in [5.74, 6) is -7.55. The van der Waals surface area contributed by atoms with Gasteiger partial charge in [0.15, 0.2) is 11.4 Å². The summed E-state index contributed by atoms with van der Waals surface area (Å²) >= 11 is 0. The number of rotatable bonds is 7. The highest BCUT2D eigenvalue weighted by molar-refractivity contribution is 6.25. The van der Waals surface area contributed by atoms with Crippen molar-refractivity contribution in [1.82, 2.24) is 4.90 Å². The second-order valence-electron chi connectivity index (χ2n) is 11.0. The molecular weight excluding hydrogens is 494 g/mol. The molecule has 11 nitrogen and oxygen atoms in total. The van der Waals surface area contributed by atoms with E-state index in [0.29, 0.717) is 17.7 Å². The number of hydrogen-bond donors (Lipinski definition) is 5. The number of fused-ring (bicyclic) bond motifs is 3. The van der Waals surface area contributed by atoms with Crippen molar-refractivity contribution in [2.75, 3.05) is 39.7 Å². The van der Waals surface area contributed by atoms with Crippen LogP contribution in [0.2, 0.25) is 0 Å². The van der Waals surface area contributed by atoms with Crippen molar-refractivity contribution in [3.63, 3.8) is 0 Å². The van der Waals surface area contributed by atoms with Gasteiger partial charge in [0.25, 0.3) is 0 Å². The van der Waals surface area contributed by atoms with E-state index in [1.165, 1.54) is 0 Å². The van der Waals surface area contributed by atoms with Gasteiger partial charge in [0.05, 0.1) is 18.3 Å². The number of ether oxygens (including phenoxy) is 1. The van der Waals surface area contributed by atoms with Crippen molar-refractivity contribution in [2.45, 2.75) is 50.5 Å². The van der Waals surface area contributed by atoms with Crippen LogP contribution in [0, 0.1) is 17.8 Å². The number of amides is 1. The van der Waals surface area contributed by atoms with Crippen LogP contribution in [0.4, 0.5) is 5.69 Å². The third kappa shape index (κ3) is 4.00. The number of anilines is 1. The third-order valence-electron chi connectivity index (χ3n) is 8.23. The van der Waals surface area contributed by atoms with Gasteiger partial charge in [-0.05, 0) is 50.9 Å². The Kier molecular flexibility index (Phi) is 7.34. The number of aliphatic hydroxyl groups excluding tert-OH is 2. The van der Waals surface area contributed by atoms with Gasteiger partial charge in [-0.3, -0.25) is 14.4 Å². The van der Waals surface area contributed by atoms with E-state index in [2.05, 4.69) is 0 Å². The number of nitrogens with zero attached hydrogens (tertiary/aromatic N) is 2. The van der Waals surface area contributed by atoms with E-state index in [-0.39, 0.29) is 36.3 Å². The zero-order valence-corrected chi connectivity index (χ0v) is 22.4. The van der Waals surface area contributed by atoms with Crippen molar-refractivity contribution in [3.05, 3.63) is 28.3 Å². The lowest BCUT2D eigenvalue weighted by Gasteiger charge is -2.53. The number of likely N-dealkylation sites (N-methyl/N-ethyl adjacent to an activating group) is 1. The minimum Gasteiger partial charge on any atom is -0.507 e. The van der Waals surface area contributed by atoms with E-state index in [1.54, 1.807) is 25.1 Å². The van der Waals surface area contributed by atoms with Crippen LogP contribution in [-0.4, -0.2) is 95.3 Å². The Morgan fingerprint density at radius 3 is 2.42 bits per heavy atom. The molecule has 38 heavy (non-hydrogen) atoms. The smallest absolute Gasteiger partial charge is 0.230 e. The third-order valence-corrected chi connectivity index (χ3v) is 8.23. The molecule has 208 valence electrons. The van der Waals surface area contributed by atoms with E-state index in [4.69, 9.17) is 10.5 Å². The van der Waals surface area contributed by atoms with Crippen molar-refractivity contribution in [2.24, 2.45) is 23.5 Å². The summed E-state index contributed by atoms with van der Waals surface area (Å²) in [4.78, 5) is 43.0. The van der Waals surface area contributed by atoms with Gasteiger partial charge >= 0.3 is 0 Å². The Morgan fingerprint density at radius 1 is 1.21 bits per heavy atom. The molecule has 6 atom stereocenters. The first-order valence-electron chi connectivity index (χ1n) is 12.8. The number of phenols is 1. The van der Waals surface area contributed by atoms with Gasteiger partial charge in [0, 0.05) is 49.5 Å². The summed E-state index contributed by atoms with van der Waals surface area (Å²) in [6, 6.07) is 0.862. The number of ketones is 2. The summed E-state index contributed by atoms with van der Waals surface area (Å²) in [6.07, 6.45) is -0.420. The molecule has 1 amide bonds. The molecule has 3 aliphatic rings. The lowest BCUT2D eigenvalue weighted by atomic mass is 9.54. The van der Waals surface area contributed by atoms with Gasteiger partial charge in [-0.15, -0.1) is 0 Å². The molecule has 11 heteroatoms. The number of Topliss-reactive ketones (excluding diaryl/α,β-unsaturated/α-hetero) is 2. The molecule has 0 radical (unpaired) electrons. The largest absolute Gasteiger partial charge is 0.507 e. The fourth-order valence-corrected chi connectivity index (χ4v) is 6.54. The van der Waals surface area contributed by atoms with Crippen molar-refractivity contribution >= 4 is 28.9 Å². The molecule has 0 bridgehead atoms. The number of carbonyl (C=O) groups is 3. The number of nitrogens with two attached hydrogens (primary N) is 1. The SMILES string of the molecule is CCCOCc1cc(N(C)C)c2c(c1O)C(O)=C1C(=O)[C@]3(O)C(=O)C(C(N)=O)C(O)[C@@H](N(C)C)[C@@H]3C[C@@H]1C2. The fourth-order valence-electron chi connectivity index (χ4n) is 6.54. The van der Waals surface area contributed by atoms with Crippen molar-refractivity contribution in [3.8, 4) is 5.75 Å². The van der Waals surface area contributed by atoms with Crippen LogP contribution in [0.1, 0.15) is 36.5 Å². The Bertz CT molecular complexity index is 1210. The minimum atomic E-state index is -2.67. The Balaban J connectivity index is 1.91. The van der Waals surface area contributed by atoms with Crippen LogP contribution in [-0.2, 0) is 32.1 Å². The van der Waals surface area contributed by atoms with Crippen LogP contribution >= 0.6 is 0 Å². The first kappa shape index (κ1) is 28.0. The maximum Gasteiger partial charge on any atom is 0.230 e. The lowest BCUT2D eigenvalue weighted by Crippen LogP contribution is -2.73. The zero-order chi connectivity index (χ0) is 28.3. The number of phenolic OH excluding ortho intramolecular Hbond substituents is 1. The van der Waals surface area contributed by atoms with E-state index < -0.39 is 58.7 Å². The molecule has 2 saturated carbocycles. The highest BCUT2D eigenvalue weighted by Gasteiger charge is 2.67. The van der Waals surface area contributed by atoms with Crippen molar-refractivity contribution in [1.29, 1.82) is 0 Å². The topological polar surface area (TPSA) is 174 Å². The predicted molar refractivity (Wildman–Crippen MR) is 138 cm³/mol. The summed E-state index contributed by atoms with van der Waals surface area (Å²) < 4.78 is 5.62. The van der Waals surface area contributed by atoms with E-state index >= 15 is 0 Å². The van der Waals surface area contributed by atoms with Gasteiger partial charge in [-0.25, -0.2) is 0 Å². The Morgan fingerprint density at radius 2 is 1.87 bits per heavy atom. The molecule has 0 spiro atoms. The average molecular weight is 532 g/mol. The highest BCUT2D eigenvalue weighted by Crippen LogP contribution is 2.53. The zero-order valence-electron chi connectivity index (χ0n) is 22.4. The van der Waals surface area contributed by atoms with Gasteiger partial charge in [-0.2, -0.15) is 0 Å². The second kappa shape index (κ2) is 9.96. The minimum absolute atomic E-state index is 0.0619. The number of primary amides is 1. The van der Waals surface area contributed by atoms with Crippen LogP contribution in [0.15, 0.2) is 11.6 Å². The van der Waals surface area contributed by atoms with Crippen LogP contribution in [0.5, 0.6) is 5.75 Å². The standard InChI is InChI=1S/C27H37N3O8/c1-6-7-38-11-13-10-16(29(2)3)14-8-12-9-15-20(30(4)5)23(33)19(26(28)36)25(35)27(15,37)24(34)17(12)22(32)18(14)21(13)31/h10,12,15,19-20,23,31-33,37H,6-9,11H2,1-5H3,(H2,28,36)/t12-,15-,19?,20-,23?,27-/m0/s1. The number of benzene rings is 1. The summed E-state index contributed by atoms with van der Waals surface area (Å²) in [5, 5.41) is 45.3. The number of aromatic hydroxyl groups is 1. The number of carbonyl (C=O) groups excluding carboxylic acids is 3. The quantitative estimate of drug-likeness (QED) is 0.240. The molecule has 0 saturated heterocycles. The van der Waals surface area contributed by atoms with Gasteiger partial charge in [0.1, 0.15) is 17.4 Å². The van der Waals surface area contributed by atoms with E-state index in [1.807, 2.05) is 25.9 Å². The average Bonchev–Trinajstić information content (AvgIpc) is 2.82. The summed E-state index contributed by atoms with van der Waals surface area (Å²) in [5.41, 5.74) is 4.40. The number of hydrogen-bond acceptors (Lipinski definition) is 10. The molecule has 3 aliphatic carbocycles. The van der Waals surface area contributed by atoms with E-state index in [0.717, 1.165) is 12.1 Å². The van der Waals surface area contributed by atoms with Crippen LogP contribution in [0.25, 0.3) is 5.76 Å². The highest BCUT2D eigenvalue weighted by atomic mass is 16.5. The molecular formula is C27H37N3O8. The maximum atomic E-state index is 14.0. The monoisotopic (exact) mass is 531 g/mol. The summed E-state index contributed by atoms with van der Waals surface area (Å²) in [7, 11) is 6.89. The molecule has 0 aromatic heterocycles. The Labute approximate surface area is 221 Å². The second-order valence-corrected chi connectivity index (χ2v) is 11.0. The van der Waals surface area contributed by atoms with Crippen molar-refractivity contribution < 1.29 is 39.5 Å². The molecule has 2 unspecified atom stereocenters. The normalized spacial score (nSPS) is 30.7. The van der Waals surface area contributed by atoms with Crippen LogP contribution < -0.4 is 10.6 Å². The molecule has 1 aromatic carbocycles. The molecule has 0 aliphatic heterocycles. The maximum absolute atomic E-state index is 14.0.